The van der Waals surface area contributed by atoms with Gasteiger partial charge in [-0.2, -0.15) is 5.26 Å². The van der Waals surface area contributed by atoms with Crippen molar-refractivity contribution in [3.63, 3.8) is 0 Å². The highest BCUT2D eigenvalue weighted by Crippen LogP contribution is 2.29. The number of aliphatic hydroxyl groups is 1. The molecule has 0 atom stereocenters. The zero-order chi connectivity index (χ0) is 22.9. The molecule has 7 nitrogen and oxygen atoms in total. The molecular formula is C24H23N5O2S. The molecule has 1 N–H and O–H groups in total. The minimum absolute atomic E-state index is 0.0652. The van der Waals surface area contributed by atoms with Gasteiger partial charge in [0.25, 0.3) is 5.22 Å². The highest BCUT2D eigenvalue weighted by atomic mass is 32.2. The van der Waals surface area contributed by atoms with E-state index < -0.39 is 0 Å². The van der Waals surface area contributed by atoms with Gasteiger partial charge in [-0.1, -0.05) is 56.8 Å². The van der Waals surface area contributed by atoms with Crippen molar-refractivity contribution in [3.05, 3.63) is 65.7 Å². The van der Waals surface area contributed by atoms with Crippen molar-refractivity contribution in [3.8, 4) is 17.5 Å². The molecule has 162 valence electrons. The fraction of sp³-hybridized carbons (Fsp3) is 0.250. The first-order chi connectivity index (χ1) is 15.3. The van der Waals surface area contributed by atoms with Crippen LogP contribution in [0.3, 0.4) is 0 Å². The van der Waals surface area contributed by atoms with Gasteiger partial charge in [-0.15, -0.1) is 10.2 Å². The molecule has 4 rings (SSSR count). The molecule has 0 aliphatic carbocycles. The van der Waals surface area contributed by atoms with E-state index in [1.54, 1.807) is 4.57 Å². The summed E-state index contributed by atoms with van der Waals surface area (Å²) in [5.74, 6) is 0.839. The zero-order valence-electron chi connectivity index (χ0n) is 18.3. The van der Waals surface area contributed by atoms with Gasteiger partial charge < -0.3 is 14.1 Å². The second-order valence-electron chi connectivity index (χ2n) is 8.41. The Morgan fingerprint density at radius 2 is 1.84 bits per heavy atom. The molecule has 0 aliphatic rings. The topological polar surface area (TPSA) is 101 Å². The van der Waals surface area contributed by atoms with E-state index in [0.29, 0.717) is 16.9 Å². The van der Waals surface area contributed by atoms with Gasteiger partial charge in [-0.05, 0) is 35.2 Å². The number of nitriles is 1. The van der Waals surface area contributed by atoms with E-state index in [1.165, 1.54) is 17.3 Å². The van der Waals surface area contributed by atoms with Crippen LogP contribution < -0.4 is 0 Å². The van der Waals surface area contributed by atoms with E-state index in [9.17, 15) is 10.4 Å². The molecule has 0 fully saturated rings. The number of thioether (sulfide) groups is 1. The predicted molar refractivity (Wildman–Crippen MR) is 125 cm³/mol. The molecule has 2 heterocycles. The lowest BCUT2D eigenvalue weighted by Crippen LogP contribution is -2.10. The number of aryl methyl sites for hydroxylation is 1. The van der Waals surface area contributed by atoms with Crippen LogP contribution in [0.2, 0.25) is 0 Å². The van der Waals surface area contributed by atoms with Gasteiger partial charge in [0.05, 0.1) is 16.8 Å². The molecule has 2 aromatic heterocycles. The maximum Gasteiger partial charge on any atom is 0.277 e. The number of aromatic nitrogens is 4. The number of benzene rings is 2. The molecule has 0 bridgehead atoms. The van der Waals surface area contributed by atoms with Crippen LogP contribution >= 0.6 is 11.8 Å². The van der Waals surface area contributed by atoms with Crippen molar-refractivity contribution in [2.45, 2.75) is 31.4 Å². The molecule has 0 amide bonds. The molecule has 32 heavy (non-hydrogen) atoms. The summed E-state index contributed by atoms with van der Waals surface area (Å²) < 4.78 is 7.53. The van der Waals surface area contributed by atoms with Crippen LogP contribution in [0.4, 0.5) is 0 Å². The van der Waals surface area contributed by atoms with Crippen LogP contribution in [-0.4, -0.2) is 30.6 Å². The van der Waals surface area contributed by atoms with Gasteiger partial charge in [0.1, 0.15) is 17.4 Å². The number of hydrogen-bond donors (Lipinski definition) is 1. The van der Waals surface area contributed by atoms with Crippen molar-refractivity contribution in [2.75, 3.05) is 5.75 Å². The normalized spacial score (nSPS) is 12.6. The van der Waals surface area contributed by atoms with E-state index in [-0.39, 0.29) is 22.5 Å². The van der Waals surface area contributed by atoms with Crippen molar-refractivity contribution >= 4 is 28.4 Å². The Labute approximate surface area is 190 Å². The van der Waals surface area contributed by atoms with Gasteiger partial charge in [0, 0.05) is 12.6 Å². The smallest absolute Gasteiger partial charge is 0.277 e. The SMILES string of the molecule is Cn1c(/C(C#N)=C(\O)CSc2nnc(-c3ccc(C(C)(C)C)cc3)o2)nc2ccccc21. The summed E-state index contributed by atoms with van der Waals surface area (Å²) in [5, 5.41) is 28.7. The number of rotatable bonds is 5. The number of aliphatic hydroxyl groups excluding tert-OH is 1. The third-order valence-electron chi connectivity index (χ3n) is 5.15. The number of imidazole rings is 1. The molecule has 8 heteroatoms. The molecular weight excluding hydrogens is 422 g/mol. The summed E-state index contributed by atoms with van der Waals surface area (Å²) in [5.41, 5.74) is 3.88. The first-order valence-electron chi connectivity index (χ1n) is 10.1. The summed E-state index contributed by atoms with van der Waals surface area (Å²) in [6, 6.07) is 17.7. The average Bonchev–Trinajstić information content (AvgIpc) is 3.38. The molecule has 0 spiro atoms. The highest BCUT2D eigenvalue weighted by Gasteiger charge is 2.18. The summed E-state index contributed by atoms with van der Waals surface area (Å²) in [6.45, 7) is 6.48. The Kier molecular flexibility index (Phi) is 5.76. The van der Waals surface area contributed by atoms with Gasteiger partial charge in [-0.3, -0.25) is 0 Å². The van der Waals surface area contributed by atoms with Crippen LogP contribution in [-0.2, 0) is 12.5 Å². The fourth-order valence-corrected chi connectivity index (χ4v) is 3.95. The maximum absolute atomic E-state index is 10.6. The van der Waals surface area contributed by atoms with Crippen molar-refractivity contribution in [1.82, 2.24) is 19.7 Å². The minimum atomic E-state index is -0.0924. The zero-order valence-corrected chi connectivity index (χ0v) is 19.1. The first-order valence-corrected chi connectivity index (χ1v) is 11.1. The number of para-hydroxylation sites is 2. The Morgan fingerprint density at radius 3 is 2.50 bits per heavy atom. The highest BCUT2D eigenvalue weighted by molar-refractivity contribution is 7.99. The third-order valence-corrected chi connectivity index (χ3v) is 5.98. The summed E-state index contributed by atoms with van der Waals surface area (Å²) in [6.07, 6.45) is 0. The molecule has 2 aromatic carbocycles. The fourth-order valence-electron chi connectivity index (χ4n) is 3.31. The van der Waals surface area contributed by atoms with Crippen molar-refractivity contribution in [1.29, 1.82) is 5.26 Å². The molecule has 0 radical (unpaired) electrons. The summed E-state index contributed by atoms with van der Waals surface area (Å²) in [4.78, 5) is 4.49. The molecule has 0 saturated carbocycles. The van der Waals surface area contributed by atoms with Gasteiger partial charge in [-0.25, -0.2) is 4.98 Å². The third kappa shape index (κ3) is 4.25. The molecule has 0 unspecified atom stereocenters. The Balaban J connectivity index is 1.52. The number of nitrogens with zero attached hydrogens (tertiary/aromatic N) is 5. The number of fused-ring (bicyclic) bond motifs is 1. The Morgan fingerprint density at radius 1 is 1.12 bits per heavy atom. The van der Waals surface area contributed by atoms with E-state index in [0.717, 1.165) is 16.6 Å². The van der Waals surface area contributed by atoms with Gasteiger partial charge in [0.15, 0.2) is 5.82 Å². The van der Waals surface area contributed by atoms with Gasteiger partial charge in [0.2, 0.25) is 5.89 Å². The second-order valence-corrected chi connectivity index (χ2v) is 9.33. The van der Waals surface area contributed by atoms with Crippen LogP contribution in [0.15, 0.2) is 63.9 Å². The Hall–Kier alpha value is -3.57. The molecule has 4 aromatic rings. The van der Waals surface area contributed by atoms with Crippen LogP contribution in [0, 0.1) is 11.3 Å². The lowest BCUT2D eigenvalue weighted by Gasteiger charge is -2.18. The van der Waals surface area contributed by atoms with Crippen LogP contribution in [0.1, 0.15) is 32.2 Å². The van der Waals surface area contributed by atoms with Crippen LogP contribution in [0.5, 0.6) is 0 Å². The second kappa shape index (κ2) is 8.52. The van der Waals surface area contributed by atoms with E-state index >= 15 is 0 Å². The number of allylic oxidation sites excluding steroid dienone is 1. The van der Waals surface area contributed by atoms with Crippen LogP contribution in [0.25, 0.3) is 28.1 Å². The molecule has 0 saturated heterocycles. The van der Waals surface area contributed by atoms with Gasteiger partial charge >= 0.3 is 0 Å². The number of hydrogen-bond acceptors (Lipinski definition) is 7. The lowest BCUT2D eigenvalue weighted by atomic mass is 9.87. The standard InChI is InChI=1S/C24H23N5O2S/c1-24(2,3)16-11-9-15(10-12-16)22-27-28-23(31-22)32-14-20(30)17(13-25)21-26-18-7-5-6-8-19(18)29(21)4/h5-12,30H,14H2,1-4H3/b20-17-. The quantitative estimate of drug-likeness (QED) is 0.246. The maximum atomic E-state index is 10.6. The first kappa shape index (κ1) is 21.7. The van der Waals surface area contributed by atoms with E-state index in [2.05, 4.69) is 54.2 Å². The van der Waals surface area contributed by atoms with E-state index in [4.69, 9.17) is 4.42 Å². The minimum Gasteiger partial charge on any atom is -0.510 e. The monoisotopic (exact) mass is 445 g/mol. The molecule has 0 aliphatic heterocycles. The summed E-state index contributed by atoms with van der Waals surface area (Å²) in [7, 11) is 1.82. The largest absolute Gasteiger partial charge is 0.510 e. The lowest BCUT2D eigenvalue weighted by molar-refractivity contribution is 0.418. The summed E-state index contributed by atoms with van der Waals surface area (Å²) >= 11 is 1.17. The van der Waals surface area contributed by atoms with Crippen molar-refractivity contribution in [2.24, 2.45) is 7.05 Å². The van der Waals surface area contributed by atoms with Crippen molar-refractivity contribution < 1.29 is 9.52 Å². The Bertz CT molecular complexity index is 1340. The van der Waals surface area contributed by atoms with E-state index in [1.807, 2.05) is 43.4 Å². The average molecular weight is 446 g/mol. The predicted octanol–water partition coefficient (Wildman–Crippen LogP) is 5.51.